The third kappa shape index (κ3) is 3.24. The fraction of sp³-hybridized carbons (Fsp3) is 0.538. The Morgan fingerprint density at radius 2 is 1.87 bits per heavy atom. The molecular weight excluding hydrogens is 188 g/mol. The van der Waals surface area contributed by atoms with Crippen molar-refractivity contribution in [1.29, 1.82) is 0 Å². The summed E-state index contributed by atoms with van der Waals surface area (Å²) in [6.45, 7) is 6.09. The number of hydrogen-bond acceptors (Lipinski definition) is 2. The molecule has 0 aliphatic rings. The Hall–Kier alpha value is -1.02. The lowest BCUT2D eigenvalue weighted by Crippen LogP contribution is -2.12. The number of hydrogen-bond donors (Lipinski definition) is 1. The Morgan fingerprint density at radius 3 is 2.47 bits per heavy atom. The van der Waals surface area contributed by atoms with E-state index in [4.69, 9.17) is 4.74 Å². The predicted octanol–water partition coefficient (Wildman–Crippen LogP) is 3.31. The van der Waals surface area contributed by atoms with Crippen LogP contribution in [-0.2, 0) is 0 Å². The van der Waals surface area contributed by atoms with Gasteiger partial charge < -0.3 is 9.84 Å². The van der Waals surface area contributed by atoms with Gasteiger partial charge in [-0.15, -0.1) is 0 Å². The molecule has 0 saturated heterocycles. The second-order valence-electron chi connectivity index (χ2n) is 3.80. The number of rotatable bonds is 5. The third-order valence-corrected chi connectivity index (χ3v) is 2.57. The van der Waals surface area contributed by atoms with Crippen molar-refractivity contribution in [3.05, 3.63) is 29.8 Å². The summed E-state index contributed by atoms with van der Waals surface area (Å²) >= 11 is 0. The van der Waals surface area contributed by atoms with Gasteiger partial charge in [-0.2, -0.15) is 0 Å². The zero-order chi connectivity index (χ0) is 11.3. The van der Waals surface area contributed by atoms with Crippen molar-refractivity contribution in [2.45, 2.75) is 45.8 Å². The zero-order valence-electron chi connectivity index (χ0n) is 9.73. The number of aliphatic hydroxyl groups is 1. The molecule has 0 radical (unpaired) electrons. The van der Waals surface area contributed by atoms with Crippen LogP contribution in [0.15, 0.2) is 24.3 Å². The Balaban J connectivity index is 2.86. The summed E-state index contributed by atoms with van der Waals surface area (Å²) in [6, 6.07) is 7.70. The molecule has 15 heavy (non-hydrogen) atoms. The second-order valence-corrected chi connectivity index (χ2v) is 3.80. The fourth-order valence-electron chi connectivity index (χ4n) is 1.38. The maximum Gasteiger partial charge on any atom is 0.125 e. The van der Waals surface area contributed by atoms with E-state index in [1.54, 1.807) is 0 Å². The molecule has 0 heterocycles. The van der Waals surface area contributed by atoms with Gasteiger partial charge in [-0.25, -0.2) is 0 Å². The van der Waals surface area contributed by atoms with Gasteiger partial charge in [-0.05, 0) is 25.8 Å². The molecule has 0 spiro atoms. The van der Waals surface area contributed by atoms with Crippen LogP contribution in [0, 0.1) is 0 Å². The van der Waals surface area contributed by atoms with Gasteiger partial charge in [0.25, 0.3) is 0 Å². The van der Waals surface area contributed by atoms with Crippen LogP contribution in [0.4, 0.5) is 0 Å². The first-order valence-corrected chi connectivity index (χ1v) is 5.62. The van der Waals surface area contributed by atoms with Crippen molar-refractivity contribution in [1.82, 2.24) is 0 Å². The van der Waals surface area contributed by atoms with E-state index >= 15 is 0 Å². The van der Waals surface area contributed by atoms with Crippen molar-refractivity contribution < 1.29 is 9.84 Å². The molecule has 0 amide bonds. The highest BCUT2D eigenvalue weighted by molar-refractivity contribution is 5.35. The highest BCUT2D eigenvalue weighted by Crippen LogP contribution is 2.27. The molecule has 1 aromatic rings. The molecule has 1 unspecified atom stereocenters. The SMILES string of the molecule is CCC(C)Oc1ccccc1[C@H](O)CC. The van der Waals surface area contributed by atoms with Crippen LogP contribution < -0.4 is 4.74 Å². The van der Waals surface area contributed by atoms with E-state index in [0.29, 0.717) is 6.42 Å². The summed E-state index contributed by atoms with van der Waals surface area (Å²) in [7, 11) is 0. The molecule has 1 aromatic carbocycles. The van der Waals surface area contributed by atoms with Gasteiger partial charge >= 0.3 is 0 Å². The molecule has 2 heteroatoms. The van der Waals surface area contributed by atoms with E-state index in [0.717, 1.165) is 17.7 Å². The minimum absolute atomic E-state index is 0.190. The first-order valence-electron chi connectivity index (χ1n) is 5.62. The lowest BCUT2D eigenvalue weighted by Gasteiger charge is -2.18. The van der Waals surface area contributed by atoms with Gasteiger partial charge in [0.05, 0.1) is 12.2 Å². The smallest absolute Gasteiger partial charge is 0.125 e. The zero-order valence-corrected chi connectivity index (χ0v) is 9.73. The molecule has 0 bridgehead atoms. The molecule has 0 saturated carbocycles. The molecule has 0 aliphatic heterocycles. The van der Waals surface area contributed by atoms with E-state index in [9.17, 15) is 5.11 Å². The second kappa shape index (κ2) is 5.76. The molecule has 0 aromatic heterocycles. The van der Waals surface area contributed by atoms with Crippen molar-refractivity contribution >= 4 is 0 Å². The van der Waals surface area contributed by atoms with Crippen LogP contribution in [0.2, 0.25) is 0 Å². The standard InChI is InChI=1S/C13H20O2/c1-4-10(3)15-13-9-7-6-8-11(13)12(14)5-2/h6-10,12,14H,4-5H2,1-3H3/t10?,12-/m1/s1. The van der Waals surface area contributed by atoms with Gasteiger partial charge in [0.1, 0.15) is 5.75 Å². The maximum atomic E-state index is 9.82. The lowest BCUT2D eigenvalue weighted by molar-refractivity contribution is 0.158. The summed E-state index contributed by atoms with van der Waals surface area (Å²) in [6.07, 6.45) is 1.44. The Kier molecular flexibility index (Phi) is 4.63. The Morgan fingerprint density at radius 1 is 1.20 bits per heavy atom. The molecule has 0 fully saturated rings. The molecular formula is C13H20O2. The third-order valence-electron chi connectivity index (χ3n) is 2.57. The van der Waals surface area contributed by atoms with Crippen LogP contribution in [0.5, 0.6) is 5.75 Å². The van der Waals surface area contributed by atoms with E-state index in [1.807, 2.05) is 38.1 Å². The van der Waals surface area contributed by atoms with Crippen LogP contribution in [0.1, 0.15) is 45.3 Å². The van der Waals surface area contributed by atoms with E-state index in [2.05, 4.69) is 6.92 Å². The van der Waals surface area contributed by atoms with Gasteiger partial charge in [0.15, 0.2) is 0 Å². The largest absolute Gasteiger partial charge is 0.490 e. The van der Waals surface area contributed by atoms with E-state index in [1.165, 1.54) is 0 Å². The Bertz CT molecular complexity index is 296. The number of para-hydroxylation sites is 1. The van der Waals surface area contributed by atoms with Gasteiger partial charge in [-0.1, -0.05) is 32.0 Å². The topological polar surface area (TPSA) is 29.5 Å². The molecule has 1 N–H and O–H groups in total. The van der Waals surface area contributed by atoms with Crippen LogP contribution in [-0.4, -0.2) is 11.2 Å². The first-order chi connectivity index (χ1) is 7.19. The van der Waals surface area contributed by atoms with Crippen molar-refractivity contribution in [3.63, 3.8) is 0 Å². The van der Waals surface area contributed by atoms with Gasteiger partial charge in [0.2, 0.25) is 0 Å². The summed E-state index contributed by atoms with van der Waals surface area (Å²) in [4.78, 5) is 0. The molecule has 1 rings (SSSR count). The van der Waals surface area contributed by atoms with Crippen LogP contribution in [0.3, 0.4) is 0 Å². The summed E-state index contributed by atoms with van der Waals surface area (Å²) in [5, 5.41) is 9.82. The van der Waals surface area contributed by atoms with E-state index < -0.39 is 6.10 Å². The monoisotopic (exact) mass is 208 g/mol. The highest BCUT2D eigenvalue weighted by Gasteiger charge is 2.12. The Labute approximate surface area is 91.9 Å². The quantitative estimate of drug-likeness (QED) is 0.804. The van der Waals surface area contributed by atoms with E-state index in [-0.39, 0.29) is 6.10 Å². The molecule has 0 aliphatic carbocycles. The summed E-state index contributed by atoms with van der Waals surface area (Å²) < 4.78 is 5.76. The summed E-state index contributed by atoms with van der Waals surface area (Å²) in [5.41, 5.74) is 0.889. The predicted molar refractivity (Wildman–Crippen MR) is 62.1 cm³/mol. The number of ether oxygens (including phenoxy) is 1. The minimum atomic E-state index is -0.426. The van der Waals surface area contributed by atoms with Crippen molar-refractivity contribution in [2.75, 3.05) is 0 Å². The summed E-state index contributed by atoms with van der Waals surface area (Å²) in [5.74, 6) is 0.807. The molecule has 2 nitrogen and oxygen atoms in total. The average molecular weight is 208 g/mol. The minimum Gasteiger partial charge on any atom is -0.490 e. The van der Waals surface area contributed by atoms with Crippen molar-refractivity contribution in [2.24, 2.45) is 0 Å². The maximum absolute atomic E-state index is 9.82. The lowest BCUT2D eigenvalue weighted by atomic mass is 10.1. The average Bonchev–Trinajstić information content (AvgIpc) is 2.28. The highest BCUT2D eigenvalue weighted by atomic mass is 16.5. The van der Waals surface area contributed by atoms with Crippen LogP contribution >= 0.6 is 0 Å². The van der Waals surface area contributed by atoms with Crippen molar-refractivity contribution in [3.8, 4) is 5.75 Å². The molecule has 2 atom stereocenters. The molecule has 84 valence electrons. The fourth-order valence-corrected chi connectivity index (χ4v) is 1.38. The normalized spacial score (nSPS) is 14.7. The number of benzene rings is 1. The van der Waals surface area contributed by atoms with Crippen LogP contribution in [0.25, 0.3) is 0 Å². The first kappa shape index (κ1) is 12.1. The number of aliphatic hydroxyl groups excluding tert-OH is 1. The van der Waals surface area contributed by atoms with Gasteiger partial charge in [-0.3, -0.25) is 0 Å². The van der Waals surface area contributed by atoms with Gasteiger partial charge in [0, 0.05) is 5.56 Å².